The largest absolute Gasteiger partial charge is 0.497 e. The molecule has 1 amide bonds. The van der Waals surface area contributed by atoms with Crippen molar-refractivity contribution in [1.29, 1.82) is 0 Å². The summed E-state index contributed by atoms with van der Waals surface area (Å²) < 4.78 is 10.6. The van der Waals surface area contributed by atoms with Crippen molar-refractivity contribution >= 4 is 17.3 Å². The second-order valence-electron chi connectivity index (χ2n) is 6.89. The number of carbonyl (C=O) groups is 1. The van der Waals surface area contributed by atoms with Crippen molar-refractivity contribution in [2.24, 2.45) is 4.99 Å². The van der Waals surface area contributed by atoms with Gasteiger partial charge in [-0.1, -0.05) is 30.3 Å². The Morgan fingerprint density at radius 1 is 1.21 bits per heavy atom. The van der Waals surface area contributed by atoms with Crippen LogP contribution in [0.3, 0.4) is 0 Å². The number of aliphatic imine (C=N–C) groups is 1. The van der Waals surface area contributed by atoms with Gasteiger partial charge in [0.25, 0.3) is 5.91 Å². The molecule has 0 radical (unpaired) electrons. The van der Waals surface area contributed by atoms with Crippen molar-refractivity contribution in [2.75, 3.05) is 32.1 Å². The lowest BCUT2D eigenvalue weighted by Crippen LogP contribution is -2.43. The van der Waals surface area contributed by atoms with Crippen molar-refractivity contribution in [3.63, 3.8) is 0 Å². The van der Waals surface area contributed by atoms with E-state index in [2.05, 4.69) is 22.3 Å². The Labute approximate surface area is 169 Å². The number of amides is 1. The molecule has 1 unspecified atom stereocenters. The van der Waals surface area contributed by atoms with E-state index in [0.29, 0.717) is 18.8 Å². The second-order valence-corrected chi connectivity index (χ2v) is 6.89. The normalized spacial score (nSPS) is 15.9. The molecular formula is C23H23N3O3. The standard InChI is InChI=1S/C23H23N3O3/c1-26-17(15-25-23(27)21-9-6-12-29-21)14-24-22(16-7-4-3-5-8-16)19-11-10-18(28-2)13-20(19)26/h3-13,17H,14-15H2,1-2H3,(H,25,27). The number of ether oxygens (including phenoxy) is 1. The number of hydrogen-bond donors (Lipinski definition) is 1. The Hall–Kier alpha value is -3.54. The van der Waals surface area contributed by atoms with E-state index in [0.717, 1.165) is 28.3 Å². The molecule has 0 fully saturated rings. The number of benzene rings is 2. The molecule has 3 aromatic rings. The molecule has 0 saturated carbocycles. The van der Waals surface area contributed by atoms with E-state index in [4.69, 9.17) is 14.1 Å². The van der Waals surface area contributed by atoms with E-state index in [1.165, 1.54) is 6.26 Å². The lowest BCUT2D eigenvalue weighted by Gasteiger charge is -2.29. The molecule has 29 heavy (non-hydrogen) atoms. The minimum Gasteiger partial charge on any atom is -0.497 e. The summed E-state index contributed by atoms with van der Waals surface area (Å²) >= 11 is 0. The number of methoxy groups -OCH3 is 1. The number of benzodiazepines with no additional fused rings is 1. The van der Waals surface area contributed by atoms with Gasteiger partial charge < -0.3 is 19.4 Å². The number of likely N-dealkylation sites (N-methyl/N-ethyl adjacent to an activating group) is 1. The third kappa shape index (κ3) is 3.87. The Morgan fingerprint density at radius 2 is 2.03 bits per heavy atom. The molecule has 148 valence electrons. The van der Waals surface area contributed by atoms with Gasteiger partial charge in [0.1, 0.15) is 5.75 Å². The SMILES string of the molecule is COc1ccc2c(c1)N(C)C(CNC(=O)c1ccco1)CN=C2c1ccccc1. The summed E-state index contributed by atoms with van der Waals surface area (Å²) in [5.74, 6) is 0.853. The van der Waals surface area contributed by atoms with Crippen LogP contribution in [0, 0.1) is 0 Å². The number of rotatable bonds is 5. The molecule has 1 aromatic heterocycles. The summed E-state index contributed by atoms with van der Waals surface area (Å²) in [5, 5.41) is 2.95. The van der Waals surface area contributed by atoms with Crippen molar-refractivity contribution in [2.45, 2.75) is 6.04 Å². The quantitative estimate of drug-likeness (QED) is 0.727. The van der Waals surface area contributed by atoms with Crippen LogP contribution < -0.4 is 15.0 Å². The first-order valence-electron chi connectivity index (χ1n) is 9.50. The third-order valence-electron chi connectivity index (χ3n) is 5.14. The third-order valence-corrected chi connectivity index (χ3v) is 5.14. The molecule has 2 aromatic carbocycles. The number of anilines is 1. The lowest BCUT2D eigenvalue weighted by molar-refractivity contribution is 0.0923. The fraction of sp³-hybridized carbons (Fsp3) is 0.217. The highest BCUT2D eigenvalue weighted by molar-refractivity contribution is 6.16. The average Bonchev–Trinajstić information content (AvgIpc) is 3.27. The van der Waals surface area contributed by atoms with Crippen LogP contribution in [0.25, 0.3) is 0 Å². The molecule has 1 atom stereocenters. The molecule has 4 rings (SSSR count). The van der Waals surface area contributed by atoms with Crippen LogP contribution in [0.1, 0.15) is 21.7 Å². The van der Waals surface area contributed by atoms with Gasteiger partial charge in [0.2, 0.25) is 0 Å². The molecule has 1 N–H and O–H groups in total. The summed E-state index contributed by atoms with van der Waals surface area (Å²) in [6, 6.07) is 19.5. The van der Waals surface area contributed by atoms with E-state index < -0.39 is 0 Å². The van der Waals surface area contributed by atoms with Crippen LogP contribution in [-0.2, 0) is 0 Å². The van der Waals surface area contributed by atoms with Crippen LogP contribution in [0.4, 0.5) is 5.69 Å². The second kappa shape index (κ2) is 8.22. The number of furan rings is 1. The highest BCUT2D eigenvalue weighted by Crippen LogP contribution is 2.31. The van der Waals surface area contributed by atoms with Crippen LogP contribution in [0.15, 0.2) is 76.3 Å². The minimum atomic E-state index is -0.231. The Morgan fingerprint density at radius 3 is 2.76 bits per heavy atom. The number of hydrogen-bond acceptors (Lipinski definition) is 5. The monoisotopic (exact) mass is 389 g/mol. The molecule has 2 heterocycles. The summed E-state index contributed by atoms with van der Waals surface area (Å²) in [6.45, 7) is 0.994. The topological polar surface area (TPSA) is 67.1 Å². The van der Waals surface area contributed by atoms with Gasteiger partial charge in [0.05, 0.1) is 31.7 Å². The average molecular weight is 389 g/mol. The number of carbonyl (C=O) groups excluding carboxylic acids is 1. The molecule has 1 aliphatic rings. The Bertz CT molecular complexity index is 1010. The summed E-state index contributed by atoms with van der Waals surface area (Å²) in [7, 11) is 3.68. The molecule has 0 aliphatic carbocycles. The van der Waals surface area contributed by atoms with E-state index >= 15 is 0 Å². The minimum absolute atomic E-state index is 0.0130. The number of nitrogens with zero attached hydrogens (tertiary/aromatic N) is 2. The van der Waals surface area contributed by atoms with Gasteiger partial charge in [0, 0.05) is 36.5 Å². The van der Waals surface area contributed by atoms with Gasteiger partial charge in [-0.25, -0.2) is 0 Å². The highest BCUT2D eigenvalue weighted by Gasteiger charge is 2.25. The van der Waals surface area contributed by atoms with Crippen LogP contribution in [0.2, 0.25) is 0 Å². The maximum absolute atomic E-state index is 12.3. The summed E-state index contributed by atoms with van der Waals surface area (Å²) in [5.41, 5.74) is 4.06. The Kier molecular flexibility index (Phi) is 5.33. The van der Waals surface area contributed by atoms with Crippen LogP contribution in [-0.4, -0.2) is 44.9 Å². The maximum atomic E-state index is 12.3. The van der Waals surface area contributed by atoms with Gasteiger partial charge in [-0.3, -0.25) is 9.79 Å². The van der Waals surface area contributed by atoms with Crippen molar-refractivity contribution < 1.29 is 13.9 Å². The zero-order chi connectivity index (χ0) is 20.2. The number of nitrogens with one attached hydrogen (secondary N) is 1. The van der Waals surface area contributed by atoms with Crippen molar-refractivity contribution in [3.05, 3.63) is 83.8 Å². The fourth-order valence-corrected chi connectivity index (χ4v) is 3.48. The molecule has 0 saturated heterocycles. The smallest absolute Gasteiger partial charge is 0.287 e. The first-order valence-corrected chi connectivity index (χ1v) is 9.50. The first kappa shape index (κ1) is 18.8. The zero-order valence-electron chi connectivity index (χ0n) is 16.5. The first-order chi connectivity index (χ1) is 14.2. The lowest BCUT2D eigenvalue weighted by atomic mass is 10.00. The predicted octanol–water partition coefficient (Wildman–Crippen LogP) is 3.37. The van der Waals surface area contributed by atoms with Gasteiger partial charge in [-0.2, -0.15) is 0 Å². The van der Waals surface area contributed by atoms with Gasteiger partial charge in [-0.15, -0.1) is 0 Å². The summed E-state index contributed by atoms with van der Waals surface area (Å²) in [4.78, 5) is 19.4. The maximum Gasteiger partial charge on any atom is 0.287 e. The molecular weight excluding hydrogens is 366 g/mol. The van der Waals surface area contributed by atoms with E-state index in [9.17, 15) is 4.79 Å². The molecule has 0 spiro atoms. The number of fused-ring (bicyclic) bond motifs is 1. The fourth-order valence-electron chi connectivity index (χ4n) is 3.48. The van der Waals surface area contributed by atoms with E-state index in [-0.39, 0.29) is 11.9 Å². The molecule has 6 nitrogen and oxygen atoms in total. The highest BCUT2D eigenvalue weighted by atomic mass is 16.5. The van der Waals surface area contributed by atoms with Gasteiger partial charge in [-0.05, 0) is 24.3 Å². The zero-order valence-corrected chi connectivity index (χ0v) is 16.5. The molecule has 0 bridgehead atoms. The van der Waals surface area contributed by atoms with Crippen LogP contribution in [0.5, 0.6) is 5.75 Å². The van der Waals surface area contributed by atoms with Gasteiger partial charge in [0.15, 0.2) is 5.76 Å². The predicted molar refractivity (Wildman–Crippen MR) is 113 cm³/mol. The van der Waals surface area contributed by atoms with Crippen LogP contribution >= 0.6 is 0 Å². The molecule has 6 heteroatoms. The Balaban J connectivity index is 1.65. The summed E-state index contributed by atoms with van der Waals surface area (Å²) in [6.07, 6.45) is 1.49. The van der Waals surface area contributed by atoms with E-state index in [1.54, 1.807) is 19.2 Å². The van der Waals surface area contributed by atoms with Gasteiger partial charge >= 0.3 is 0 Å². The molecule has 1 aliphatic heterocycles. The van der Waals surface area contributed by atoms with Crippen molar-refractivity contribution in [1.82, 2.24) is 5.32 Å². The van der Waals surface area contributed by atoms with Crippen molar-refractivity contribution in [3.8, 4) is 5.75 Å². The van der Waals surface area contributed by atoms with E-state index in [1.807, 2.05) is 43.4 Å².